The van der Waals surface area contributed by atoms with Crippen LogP contribution in [0, 0.1) is 0 Å². The molecule has 7 heteroatoms. The second-order valence-electron chi connectivity index (χ2n) is 3.29. The molecule has 0 amide bonds. The Hall–Kier alpha value is -1.82. The van der Waals surface area contributed by atoms with Gasteiger partial charge in [0.05, 0.1) is 29.7 Å². The van der Waals surface area contributed by atoms with Gasteiger partial charge in [0.2, 0.25) is 0 Å². The van der Waals surface area contributed by atoms with E-state index in [9.17, 15) is 4.79 Å². The minimum absolute atomic E-state index is 0.175. The van der Waals surface area contributed by atoms with E-state index in [1.165, 1.54) is 17.1 Å². The van der Waals surface area contributed by atoms with Crippen molar-refractivity contribution in [3.05, 3.63) is 34.9 Å². The van der Waals surface area contributed by atoms with Crippen LogP contribution in [0.2, 0.25) is 5.02 Å². The first kappa shape index (κ1) is 10.7. The molecule has 2 heterocycles. The van der Waals surface area contributed by atoms with Crippen LogP contribution in [0.4, 0.5) is 0 Å². The summed E-state index contributed by atoms with van der Waals surface area (Å²) in [4.78, 5) is 10.9. The quantitative estimate of drug-likeness (QED) is 0.869. The Morgan fingerprint density at radius 3 is 2.81 bits per heavy atom. The van der Waals surface area contributed by atoms with Crippen LogP contribution in [0.3, 0.4) is 0 Å². The van der Waals surface area contributed by atoms with Crippen LogP contribution < -0.4 is 0 Å². The van der Waals surface area contributed by atoms with Crippen LogP contribution in [0.25, 0.3) is 0 Å². The lowest BCUT2D eigenvalue weighted by atomic mass is 10.2. The molecule has 0 atom stereocenters. The summed E-state index contributed by atoms with van der Waals surface area (Å²) in [6, 6.07) is 0. The fourth-order valence-corrected chi connectivity index (χ4v) is 1.56. The molecule has 2 aromatic rings. The van der Waals surface area contributed by atoms with Gasteiger partial charge in [-0.25, -0.2) is 4.79 Å². The molecular formula is C9H9ClN4O2. The number of rotatable bonds is 3. The number of aromatic nitrogens is 4. The first-order valence-corrected chi connectivity index (χ1v) is 4.88. The van der Waals surface area contributed by atoms with Crippen molar-refractivity contribution in [3.8, 4) is 0 Å². The number of halogens is 1. The predicted octanol–water partition coefficient (Wildman–Crippen LogP) is 1.02. The molecule has 84 valence electrons. The van der Waals surface area contributed by atoms with Gasteiger partial charge in [-0.1, -0.05) is 11.6 Å². The van der Waals surface area contributed by atoms with Crippen molar-refractivity contribution in [1.82, 2.24) is 19.6 Å². The van der Waals surface area contributed by atoms with Gasteiger partial charge in [-0.15, -0.1) is 0 Å². The first-order chi connectivity index (χ1) is 7.58. The lowest BCUT2D eigenvalue weighted by molar-refractivity contribution is 0.0695. The van der Waals surface area contributed by atoms with Crippen molar-refractivity contribution in [2.24, 2.45) is 7.05 Å². The summed E-state index contributed by atoms with van der Waals surface area (Å²) in [5, 5.41) is 17.4. The molecule has 0 unspecified atom stereocenters. The zero-order valence-electron chi connectivity index (χ0n) is 8.46. The van der Waals surface area contributed by atoms with Crippen molar-refractivity contribution in [3.63, 3.8) is 0 Å². The van der Waals surface area contributed by atoms with E-state index in [0.717, 1.165) is 0 Å². The number of carboxylic acids is 1. The fraction of sp³-hybridized carbons (Fsp3) is 0.222. The molecule has 1 N–H and O–H groups in total. The molecule has 0 fully saturated rings. The first-order valence-electron chi connectivity index (χ1n) is 4.50. The largest absolute Gasteiger partial charge is 0.478 e. The third-order valence-corrected chi connectivity index (χ3v) is 2.40. The van der Waals surface area contributed by atoms with Crippen LogP contribution in [0.5, 0.6) is 0 Å². The normalized spacial score (nSPS) is 10.6. The van der Waals surface area contributed by atoms with E-state index in [1.54, 1.807) is 17.9 Å². The summed E-state index contributed by atoms with van der Waals surface area (Å²) in [7, 11) is 1.69. The molecule has 0 aliphatic carbocycles. The SMILES string of the molecule is Cn1ncc(C(=O)O)c1Cn1cc(Cl)cn1. The van der Waals surface area contributed by atoms with E-state index in [1.807, 2.05) is 0 Å². The lowest BCUT2D eigenvalue weighted by Crippen LogP contribution is -2.10. The average molecular weight is 241 g/mol. The summed E-state index contributed by atoms with van der Waals surface area (Å²) in [6.07, 6.45) is 4.45. The predicted molar refractivity (Wildman–Crippen MR) is 56.5 cm³/mol. The van der Waals surface area contributed by atoms with Crippen molar-refractivity contribution in [2.45, 2.75) is 6.54 Å². The Bertz CT molecular complexity index is 531. The Balaban J connectivity index is 2.33. The summed E-state index contributed by atoms with van der Waals surface area (Å²) >= 11 is 5.72. The number of aromatic carboxylic acids is 1. The van der Waals surface area contributed by atoms with Crippen LogP contribution in [0.15, 0.2) is 18.6 Å². The van der Waals surface area contributed by atoms with Crippen molar-refractivity contribution < 1.29 is 9.90 Å². The highest BCUT2D eigenvalue weighted by Crippen LogP contribution is 2.11. The smallest absolute Gasteiger partial charge is 0.339 e. The highest BCUT2D eigenvalue weighted by molar-refractivity contribution is 6.30. The topological polar surface area (TPSA) is 72.9 Å². The van der Waals surface area contributed by atoms with Crippen LogP contribution in [-0.2, 0) is 13.6 Å². The molecule has 0 spiro atoms. The Kier molecular flexibility index (Phi) is 2.66. The maximum atomic E-state index is 10.9. The molecule has 0 saturated heterocycles. The molecule has 6 nitrogen and oxygen atoms in total. The molecule has 2 aromatic heterocycles. The highest BCUT2D eigenvalue weighted by Gasteiger charge is 2.15. The van der Waals surface area contributed by atoms with Gasteiger partial charge in [0.1, 0.15) is 5.56 Å². The summed E-state index contributed by atoms with van der Waals surface area (Å²) in [5.41, 5.74) is 0.751. The molecule has 0 radical (unpaired) electrons. The van der Waals surface area contributed by atoms with E-state index in [0.29, 0.717) is 17.3 Å². The van der Waals surface area contributed by atoms with E-state index in [-0.39, 0.29) is 5.56 Å². The van der Waals surface area contributed by atoms with E-state index >= 15 is 0 Å². The molecule has 0 aliphatic rings. The van der Waals surface area contributed by atoms with Crippen molar-refractivity contribution in [1.29, 1.82) is 0 Å². The molecule has 0 bridgehead atoms. The monoisotopic (exact) mass is 240 g/mol. The lowest BCUT2D eigenvalue weighted by Gasteiger charge is -2.03. The van der Waals surface area contributed by atoms with Gasteiger partial charge >= 0.3 is 5.97 Å². The number of hydrogen-bond donors (Lipinski definition) is 1. The van der Waals surface area contributed by atoms with Gasteiger partial charge in [-0.2, -0.15) is 10.2 Å². The van der Waals surface area contributed by atoms with Gasteiger partial charge in [0.25, 0.3) is 0 Å². The van der Waals surface area contributed by atoms with Crippen LogP contribution in [0.1, 0.15) is 16.1 Å². The minimum Gasteiger partial charge on any atom is -0.478 e. The number of hydrogen-bond acceptors (Lipinski definition) is 3. The van der Waals surface area contributed by atoms with E-state index in [4.69, 9.17) is 16.7 Å². The molecular weight excluding hydrogens is 232 g/mol. The number of nitrogens with zero attached hydrogens (tertiary/aromatic N) is 4. The molecule has 0 saturated carbocycles. The second-order valence-corrected chi connectivity index (χ2v) is 3.73. The number of aryl methyl sites for hydroxylation is 1. The van der Waals surface area contributed by atoms with Gasteiger partial charge in [0.15, 0.2) is 0 Å². The number of carbonyl (C=O) groups is 1. The highest BCUT2D eigenvalue weighted by atomic mass is 35.5. The van der Waals surface area contributed by atoms with Crippen molar-refractivity contribution >= 4 is 17.6 Å². The molecule has 2 rings (SSSR count). The Morgan fingerprint density at radius 1 is 1.50 bits per heavy atom. The zero-order chi connectivity index (χ0) is 11.7. The zero-order valence-corrected chi connectivity index (χ0v) is 9.22. The summed E-state index contributed by atoms with van der Waals surface area (Å²) in [6.45, 7) is 0.324. The van der Waals surface area contributed by atoms with E-state index < -0.39 is 5.97 Å². The third kappa shape index (κ3) is 1.92. The van der Waals surface area contributed by atoms with Gasteiger partial charge < -0.3 is 5.11 Å². The fourth-order valence-electron chi connectivity index (χ4n) is 1.41. The Morgan fingerprint density at radius 2 is 2.25 bits per heavy atom. The summed E-state index contributed by atoms with van der Waals surface area (Å²) in [5.74, 6) is -0.999. The average Bonchev–Trinajstić information content (AvgIpc) is 2.76. The minimum atomic E-state index is -0.999. The number of carboxylic acid groups (broad SMARTS) is 1. The molecule has 0 aromatic carbocycles. The molecule has 0 aliphatic heterocycles. The van der Waals surface area contributed by atoms with Crippen molar-refractivity contribution in [2.75, 3.05) is 0 Å². The third-order valence-electron chi connectivity index (χ3n) is 2.21. The van der Waals surface area contributed by atoms with Crippen LogP contribution in [-0.4, -0.2) is 30.6 Å². The standard InChI is InChI=1S/C9H9ClN4O2/c1-13-8(7(3-11-13)9(15)16)5-14-4-6(10)2-12-14/h2-4H,5H2,1H3,(H,15,16). The Labute approximate surface area is 96.1 Å². The van der Waals surface area contributed by atoms with E-state index in [2.05, 4.69) is 10.2 Å². The maximum absolute atomic E-state index is 10.9. The molecule has 16 heavy (non-hydrogen) atoms. The second kappa shape index (κ2) is 3.97. The summed E-state index contributed by atoms with van der Waals surface area (Å²) < 4.78 is 3.07. The van der Waals surface area contributed by atoms with Gasteiger partial charge in [-0.05, 0) is 0 Å². The van der Waals surface area contributed by atoms with Crippen LogP contribution >= 0.6 is 11.6 Å². The van der Waals surface area contributed by atoms with Gasteiger partial charge in [0, 0.05) is 13.2 Å². The maximum Gasteiger partial charge on any atom is 0.339 e. The van der Waals surface area contributed by atoms with Gasteiger partial charge in [-0.3, -0.25) is 9.36 Å².